The van der Waals surface area contributed by atoms with E-state index in [2.05, 4.69) is 20.8 Å². The highest BCUT2D eigenvalue weighted by atomic mass is 16.7. The van der Waals surface area contributed by atoms with E-state index in [1.165, 1.54) is 63.9 Å². The zero-order valence-corrected chi connectivity index (χ0v) is 24.4. The molecule has 0 heterocycles. The molecule has 7 heteroatoms. The number of unbranched alkanes of at least 4 members (excludes halogenated alkanes) is 15. The van der Waals surface area contributed by atoms with Gasteiger partial charge in [0.05, 0.1) is 19.8 Å². The Morgan fingerprint density at radius 2 is 0.974 bits per heavy atom. The smallest absolute Gasteiger partial charge is 0.502 e. The normalized spacial score (nSPS) is 10.9. The summed E-state index contributed by atoms with van der Waals surface area (Å²) < 4.78 is 23.0. The number of hydrogen-bond donors (Lipinski definition) is 2. The van der Waals surface area contributed by atoms with Crippen molar-refractivity contribution in [3.8, 4) is 28.7 Å². The third-order valence-corrected chi connectivity index (χ3v) is 6.58. The third-order valence-electron chi connectivity index (χ3n) is 6.58. The van der Waals surface area contributed by atoms with Gasteiger partial charge in [-0.1, -0.05) is 117 Å². The van der Waals surface area contributed by atoms with Crippen LogP contribution in [-0.2, 0) is 0 Å². The Morgan fingerprint density at radius 1 is 0.579 bits per heavy atom. The molecule has 38 heavy (non-hydrogen) atoms. The number of aromatic hydroxyl groups is 1. The molecule has 220 valence electrons. The molecule has 0 aliphatic rings. The van der Waals surface area contributed by atoms with Crippen molar-refractivity contribution in [2.24, 2.45) is 0 Å². The molecule has 0 saturated heterocycles. The summed E-state index contributed by atoms with van der Waals surface area (Å²) in [6.07, 6.45) is 18.7. The van der Waals surface area contributed by atoms with E-state index >= 15 is 0 Å². The molecule has 7 nitrogen and oxygen atoms in total. The average molecular weight is 539 g/mol. The number of benzene rings is 1. The van der Waals surface area contributed by atoms with Crippen LogP contribution in [0.4, 0.5) is 4.79 Å². The number of carbonyl (C=O) groups is 1. The summed E-state index contributed by atoms with van der Waals surface area (Å²) >= 11 is 0. The Morgan fingerprint density at radius 3 is 1.42 bits per heavy atom. The number of ether oxygens (including phenoxy) is 4. The van der Waals surface area contributed by atoms with E-state index in [0.717, 1.165) is 57.8 Å². The van der Waals surface area contributed by atoms with Gasteiger partial charge in [-0.3, -0.25) is 0 Å². The summed E-state index contributed by atoms with van der Waals surface area (Å²) in [6.45, 7) is 7.91. The van der Waals surface area contributed by atoms with Gasteiger partial charge in [0.2, 0.25) is 17.2 Å². The molecule has 0 aliphatic carbocycles. The van der Waals surface area contributed by atoms with Gasteiger partial charge in [0, 0.05) is 6.07 Å². The van der Waals surface area contributed by atoms with Crippen LogP contribution in [0.15, 0.2) is 6.07 Å². The largest absolute Gasteiger partial charge is 0.511 e. The Hall–Kier alpha value is -2.31. The standard InChI is InChI=1S/C31H54O7/c1-4-7-10-13-16-19-22-35-27-25-26(38-31(33)34)28(32)30(37-24-21-18-15-12-9-6-3)29(27)36-23-20-17-14-11-8-5-2/h25,32H,4-24H2,1-3H3,(H,33,34). The molecule has 0 saturated carbocycles. The molecule has 0 radical (unpaired) electrons. The Bertz CT molecular complexity index is 735. The van der Waals surface area contributed by atoms with Crippen molar-refractivity contribution in [2.75, 3.05) is 19.8 Å². The minimum atomic E-state index is -1.51. The fraction of sp³-hybridized carbons (Fsp3) is 0.774. The third kappa shape index (κ3) is 15.2. The zero-order chi connectivity index (χ0) is 27.8. The maximum atomic E-state index is 11.3. The van der Waals surface area contributed by atoms with E-state index in [4.69, 9.17) is 18.9 Å². The molecule has 0 spiro atoms. The van der Waals surface area contributed by atoms with E-state index in [1.54, 1.807) is 0 Å². The first-order valence-corrected chi connectivity index (χ1v) is 15.2. The summed E-state index contributed by atoms with van der Waals surface area (Å²) in [7, 11) is 0. The van der Waals surface area contributed by atoms with Crippen LogP contribution in [0.25, 0.3) is 0 Å². The highest BCUT2D eigenvalue weighted by Crippen LogP contribution is 2.50. The molecule has 1 aromatic rings. The topological polar surface area (TPSA) is 94.5 Å². The molecule has 0 aromatic heterocycles. The summed E-state index contributed by atoms with van der Waals surface area (Å²) in [5.41, 5.74) is 0. The van der Waals surface area contributed by atoms with Gasteiger partial charge in [-0.05, 0) is 19.3 Å². The molecule has 2 N–H and O–H groups in total. The van der Waals surface area contributed by atoms with Crippen LogP contribution in [0.2, 0.25) is 0 Å². The van der Waals surface area contributed by atoms with E-state index < -0.39 is 6.16 Å². The van der Waals surface area contributed by atoms with Crippen LogP contribution in [-0.4, -0.2) is 36.2 Å². The lowest BCUT2D eigenvalue weighted by Crippen LogP contribution is -2.09. The molecule has 1 rings (SSSR count). The van der Waals surface area contributed by atoms with Gasteiger partial charge in [0.1, 0.15) is 0 Å². The van der Waals surface area contributed by atoms with E-state index in [9.17, 15) is 15.0 Å². The average Bonchev–Trinajstić information content (AvgIpc) is 2.90. The monoisotopic (exact) mass is 538 g/mol. The van der Waals surface area contributed by atoms with Crippen LogP contribution < -0.4 is 18.9 Å². The van der Waals surface area contributed by atoms with Gasteiger partial charge in [-0.15, -0.1) is 0 Å². The quantitative estimate of drug-likeness (QED) is 0.0726. The highest BCUT2D eigenvalue weighted by molar-refractivity contribution is 5.70. The van der Waals surface area contributed by atoms with Crippen LogP contribution in [0.5, 0.6) is 28.7 Å². The van der Waals surface area contributed by atoms with Gasteiger partial charge >= 0.3 is 6.16 Å². The minimum absolute atomic E-state index is 0.0984. The van der Waals surface area contributed by atoms with E-state index in [1.807, 2.05) is 0 Å². The summed E-state index contributed by atoms with van der Waals surface area (Å²) in [5, 5.41) is 20.1. The second-order valence-corrected chi connectivity index (χ2v) is 10.1. The van der Waals surface area contributed by atoms with Gasteiger partial charge < -0.3 is 29.2 Å². The lowest BCUT2D eigenvalue weighted by molar-refractivity contribution is 0.141. The van der Waals surface area contributed by atoms with Crippen molar-refractivity contribution in [3.05, 3.63) is 6.07 Å². The molecule has 0 atom stereocenters. The first-order chi connectivity index (χ1) is 18.5. The number of carboxylic acid groups (broad SMARTS) is 1. The van der Waals surface area contributed by atoms with Gasteiger partial charge in [-0.25, -0.2) is 4.79 Å². The molecular formula is C31H54O7. The molecule has 0 bridgehead atoms. The SMILES string of the molecule is CCCCCCCCOc1cc(OC(=O)O)c(O)c(OCCCCCCCC)c1OCCCCCCCC. The fourth-order valence-corrected chi connectivity index (χ4v) is 4.31. The number of phenols is 1. The Labute approximate surface area is 231 Å². The van der Waals surface area contributed by atoms with Gasteiger partial charge in [0.25, 0.3) is 0 Å². The molecular weight excluding hydrogens is 484 g/mol. The van der Waals surface area contributed by atoms with Crippen molar-refractivity contribution < 1.29 is 34.0 Å². The van der Waals surface area contributed by atoms with E-state index in [-0.39, 0.29) is 17.2 Å². The maximum absolute atomic E-state index is 11.3. The van der Waals surface area contributed by atoms with Crippen molar-refractivity contribution in [3.63, 3.8) is 0 Å². The van der Waals surface area contributed by atoms with Gasteiger partial charge in [-0.2, -0.15) is 0 Å². The van der Waals surface area contributed by atoms with Crippen molar-refractivity contribution in [1.29, 1.82) is 0 Å². The first kappa shape index (κ1) is 33.7. The predicted octanol–water partition coefficient (Wildman–Crippen LogP) is 9.67. The second-order valence-electron chi connectivity index (χ2n) is 10.1. The Balaban J connectivity index is 2.94. The number of phenolic OH excluding ortho intramolecular Hbond substituents is 1. The van der Waals surface area contributed by atoms with Gasteiger partial charge in [0.15, 0.2) is 11.5 Å². The van der Waals surface area contributed by atoms with Crippen molar-refractivity contribution in [2.45, 2.75) is 136 Å². The zero-order valence-electron chi connectivity index (χ0n) is 24.4. The predicted molar refractivity (Wildman–Crippen MR) is 153 cm³/mol. The maximum Gasteiger partial charge on any atom is 0.511 e. The van der Waals surface area contributed by atoms with Crippen LogP contribution in [0.3, 0.4) is 0 Å². The lowest BCUT2D eigenvalue weighted by atomic mass is 10.1. The summed E-state index contributed by atoms with van der Waals surface area (Å²) in [6, 6.07) is 1.40. The second kappa shape index (κ2) is 22.7. The molecule has 0 aliphatic heterocycles. The van der Waals surface area contributed by atoms with Crippen molar-refractivity contribution in [1.82, 2.24) is 0 Å². The fourth-order valence-electron chi connectivity index (χ4n) is 4.31. The molecule has 0 fully saturated rings. The number of rotatable bonds is 25. The van der Waals surface area contributed by atoms with E-state index in [0.29, 0.717) is 31.3 Å². The highest BCUT2D eigenvalue weighted by Gasteiger charge is 2.24. The van der Waals surface area contributed by atoms with Crippen molar-refractivity contribution >= 4 is 6.16 Å². The van der Waals surface area contributed by atoms with Crippen LogP contribution in [0, 0.1) is 0 Å². The molecule has 1 aromatic carbocycles. The summed E-state index contributed by atoms with van der Waals surface area (Å²) in [5.74, 6) is 0.187. The van der Waals surface area contributed by atoms with Crippen LogP contribution >= 0.6 is 0 Å². The Kier molecular flexibility index (Phi) is 20.1. The minimum Gasteiger partial charge on any atom is -0.502 e. The number of hydrogen-bond acceptors (Lipinski definition) is 6. The summed E-state index contributed by atoms with van der Waals surface area (Å²) in [4.78, 5) is 11.3. The van der Waals surface area contributed by atoms with Crippen LogP contribution in [0.1, 0.15) is 136 Å². The molecule has 0 amide bonds. The molecule has 0 unspecified atom stereocenters. The first-order valence-electron chi connectivity index (χ1n) is 15.2. The lowest BCUT2D eigenvalue weighted by Gasteiger charge is -2.20.